The number of carbonyl (C=O) groups excluding carboxylic acids is 4. The quantitative estimate of drug-likeness (QED) is 0.255. The fourth-order valence-corrected chi connectivity index (χ4v) is 3.58. The van der Waals surface area contributed by atoms with Crippen LogP contribution in [0.4, 0.5) is 13.6 Å². The summed E-state index contributed by atoms with van der Waals surface area (Å²) in [6.07, 6.45) is 0. The molecule has 0 heterocycles. The van der Waals surface area contributed by atoms with Gasteiger partial charge in [0.05, 0.1) is 7.11 Å². The minimum absolute atomic E-state index is 0.00182. The first kappa shape index (κ1) is 30.7. The van der Waals surface area contributed by atoms with E-state index in [9.17, 15) is 28.0 Å². The Labute approximate surface area is 226 Å². The zero-order valence-corrected chi connectivity index (χ0v) is 22.2. The molecule has 5 N–H and O–H groups in total. The highest BCUT2D eigenvalue weighted by molar-refractivity contribution is 8.13. The van der Waals surface area contributed by atoms with Crippen LogP contribution < -0.4 is 21.5 Å². The molecule has 1 atom stereocenters. The van der Waals surface area contributed by atoms with E-state index in [4.69, 9.17) is 20.9 Å². The molecule has 0 bridgehead atoms. The van der Waals surface area contributed by atoms with Crippen LogP contribution in [0.1, 0.15) is 17.3 Å². The Kier molecular flexibility index (Phi) is 10.9. The Morgan fingerprint density at radius 3 is 2.36 bits per heavy atom. The number of thioether (sulfide) groups is 1. The monoisotopic (exact) mass is 564 g/mol. The number of hydrogen-bond donors (Lipinski definition) is 3. The average Bonchev–Trinajstić information content (AvgIpc) is 2.86. The highest BCUT2D eigenvalue weighted by Gasteiger charge is 2.24. The molecule has 0 fully saturated rings. The minimum atomic E-state index is -1.28. The molecule has 2 aromatic carbocycles. The fraction of sp³-hybridized carbons (Fsp3) is 0.250. The van der Waals surface area contributed by atoms with E-state index in [2.05, 4.69) is 15.3 Å². The Bertz CT molecular complexity index is 1330. The maximum absolute atomic E-state index is 14.2. The van der Waals surface area contributed by atoms with Gasteiger partial charge in [0, 0.05) is 38.4 Å². The second-order valence-electron chi connectivity index (χ2n) is 7.92. The molecule has 0 aliphatic rings. The third kappa shape index (κ3) is 9.07. The molecule has 0 radical (unpaired) electrons. The summed E-state index contributed by atoms with van der Waals surface area (Å²) < 4.78 is 37.5. The number of nitrogens with zero attached hydrogens (tertiary/aromatic N) is 3. The Morgan fingerprint density at radius 2 is 1.77 bits per heavy atom. The number of carbonyl (C=O) groups is 4. The predicted molar refractivity (Wildman–Crippen MR) is 141 cm³/mol. The van der Waals surface area contributed by atoms with E-state index in [1.165, 1.54) is 29.2 Å². The van der Waals surface area contributed by atoms with E-state index in [0.717, 1.165) is 20.1 Å². The SMILES string of the molecule is COC(=O)c1cc(-c2ccc(F)cc2F)ccc1OC(=O)SCC(NC(C)=O)C(=O)N=C(N)N=C(N)N(C)C. The molecule has 0 aliphatic heterocycles. The lowest BCUT2D eigenvalue weighted by Crippen LogP contribution is -2.42. The Balaban J connectivity index is 2.22. The number of nitrogens with one attached hydrogen (secondary N) is 1. The van der Waals surface area contributed by atoms with E-state index in [1.807, 2.05) is 0 Å². The van der Waals surface area contributed by atoms with E-state index in [0.29, 0.717) is 17.8 Å². The molecule has 12 nitrogen and oxygen atoms in total. The summed E-state index contributed by atoms with van der Waals surface area (Å²) >= 11 is 0.499. The lowest BCUT2D eigenvalue weighted by atomic mass is 10.0. The van der Waals surface area contributed by atoms with E-state index >= 15 is 0 Å². The van der Waals surface area contributed by atoms with Gasteiger partial charge in [-0.1, -0.05) is 6.07 Å². The van der Waals surface area contributed by atoms with Gasteiger partial charge in [-0.3, -0.25) is 9.59 Å². The zero-order chi connectivity index (χ0) is 29.3. The van der Waals surface area contributed by atoms with E-state index < -0.39 is 46.7 Å². The maximum atomic E-state index is 14.2. The summed E-state index contributed by atoms with van der Waals surface area (Å²) in [5.41, 5.74) is 11.2. The van der Waals surface area contributed by atoms with Crippen molar-refractivity contribution in [2.45, 2.75) is 13.0 Å². The van der Waals surface area contributed by atoms with Crippen LogP contribution in [-0.4, -0.2) is 72.9 Å². The fourth-order valence-electron chi connectivity index (χ4n) is 2.90. The number of aliphatic imine (C=N–C) groups is 2. The smallest absolute Gasteiger partial charge is 0.372 e. The van der Waals surface area contributed by atoms with Crippen molar-refractivity contribution in [2.24, 2.45) is 21.5 Å². The van der Waals surface area contributed by atoms with Gasteiger partial charge in [-0.2, -0.15) is 9.98 Å². The number of ether oxygens (including phenoxy) is 2. The van der Waals surface area contributed by atoms with Crippen molar-refractivity contribution in [1.82, 2.24) is 10.2 Å². The molecule has 0 aliphatic carbocycles. The van der Waals surface area contributed by atoms with Crippen LogP contribution in [-0.2, 0) is 14.3 Å². The standard InChI is InChI=1S/C24H26F2N6O6S/c1-12(33)29-18(20(34)30-22(27)31-23(28)32(2)3)11-39-24(36)38-19-8-5-13(9-16(19)21(35)37-4)15-7-6-14(25)10-17(15)26/h5-10,18H,11H2,1-4H3,(H,29,33)(H4,27,28,30,31,34). The zero-order valence-electron chi connectivity index (χ0n) is 21.4. The Hall–Kier alpha value is -4.53. The lowest BCUT2D eigenvalue weighted by Gasteiger charge is -2.15. The number of halogens is 2. The van der Waals surface area contributed by atoms with Crippen molar-refractivity contribution in [3.63, 3.8) is 0 Å². The first-order chi connectivity index (χ1) is 18.3. The van der Waals surface area contributed by atoms with Crippen LogP contribution in [0, 0.1) is 11.6 Å². The number of amides is 2. The van der Waals surface area contributed by atoms with Crippen molar-refractivity contribution in [2.75, 3.05) is 27.0 Å². The molecule has 2 amide bonds. The van der Waals surface area contributed by atoms with Crippen LogP contribution in [0.3, 0.4) is 0 Å². The summed E-state index contributed by atoms with van der Waals surface area (Å²) in [5.74, 6) is -5.03. The number of methoxy groups -OCH3 is 1. The topological polar surface area (TPSA) is 179 Å². The van der Waals surface area contributed by atoms with Gasteiger partial charge in [0.15, 0.2) is 5.96 Å². The van der Waals surface area contributed by atoms with Gasteiger partial charge in [0.1, 0.15) is 29.0 Å². The van der Waals surface area contributed by atoms with Gasteiger partial charge in [0.25, 0.3) is 5.91 Å². The number of esters is 1. The number of guanidine groups is 2. The van der Waals surface area contributed by atoms with Crippen molar-refractivity contribution >= 4 is 46.8 Å². The van der Waals surface area contributed by atoms with Crippen molar-refractivity contribution < 1.29 is 37.4 Å². The van der Waals surface area contributed by atoms with Gasteiger partial charge in [-0.05, 0) is 41.6 Å². The van der Waals surface area contributed by atoms with E-state index in [-0.39, 0.29) is 34.2 Å². The molecule has 2 rings (SSSR count). The van der Waals surface area contributed by atoms with Crippen molar-refractivity contribution in [3.05, 3.63) is 53.6 Å². The third-order valence-corrected chi connectivity index (χ3v) is 5.59. The minimum Gasteiger partial charge on any atom is -0.465 e. The molecule has 0 aromatic heterocycles. The molecule has 39 heavy (non-hydrogen) atoms. The molecule has 208 valence electrons. The van der Waals surface area contributed by atoms with Gasteiger partial charge in [-0.25, -0.2) is 18.4 Å². The van der Waals surface area contributed by atoms with Crippen molar-refractivity contribution in [1.29, 1.82) is 0 Å². The summed E-state index contributed by atoms with van der Waals surface area (Å²) in [5, 5.41) is 1.40. The second-order valence-corrected chi connectivity index (χ2v) is 8.87. The third-order valence-electron chi connectivity index (χ3n) is 4.78. The molecular formula is C24H26F2N6O6S. The summed E-state index contributed by atoms with van der Waals surface area (Å²) in [4.78, 5) is 57.7. The molecule has 0 saturated heterocycles. The van der Waals surface area contributed by atoms with Crippen LogP contribution >= 0.6 is 11.8 Å². The van der Waals surface area contributed by atoms with Crippen LogP contribution in [0.25, 0.3) is 11.1 Å². The Morgan fingerprint density at radius 1 is 1.08 bits per heavy atom. The van der Waals surface area contributed by atoms with Crippen LogP contribution in [0.2, 0.25) is 0 Å². The molecule has 0 saturated carbocycles. The van der Waals surface area contributed by atoms with Gasteiger partial charge < -0.3 is 31.2 Å². The van der Waals surface area contributed by atoms with Gasteiger partial charge >= 0.3 is 11.3 Å². The highest BCUT2D eigenvalue weighted by Crippen LogP contribution is 2.30. The number of rotatable bonds is 7. The molecular weight excluding hydrogens is 538 g/mol. The first-order valence-corrected chi connectivity index (χ1v) is 12.0. The second kappa shape index (κ2) is 13.9. The molecule has 1 unspecified atom stereocenters. The molecule has 2 aromatic rings. The predicted octanol–water partition coefficient (Wildman–Crippen LogP) is 1.87. The first-order valence-electron chi connectivity index (χ1n) is 11.0. The van der Waals surface area contributed by atoms with E-state index in [1.54, 1.807) is 14.1 Å². The summed E-state index contributed by atoms with van der Waals surface area (Å²) in [7, 11) is 4.28. The summed E-state index contributed by atoms with van der Waals surface area (Å²) in [6.45, 7) is 1.16. The number of hydrogen-bond acceptors (Lipinski definition) is 7. The summed E-state index contributed by atoms with van der Waals surface area (Å²) in [6, 6.07) is 5.46. The van der Waals surface area contributed by atoms with Gasteiger partial charge in [-0.15, -0.1) is 0 Å². The highest BCUT2D eigenvalue weighted by atomic mass is 32.2. The number of benzene rings is 2. The van der Waals surface area contributed by atoms with Crippen LogP contribution in [0.5, 0.6) is 5.75 Å². The van der Waals surface area contributed by atoms with Gasteiger partial charge in [0.2, 0.25) is 11.9 Å². The molecule has 0 spiro atoms. The normalized spacial score (nSPS) is 12.4. The lowest BCUT2D eigenvalue weighted by molar-refractivity contribution is -0.125. The molecule has 15 heteroatoms. The largest absolute Gasteiger partial charge is 0.465 e. The maximum Gasteiger partial charge on any atom is 0.372 e. The number of nitrogens with two attached hydrogens (primary N) is 2. The van der Waals surface area contributed by atoms with Crippen LogP contribution in [0.15, 0.2) is 46.4 Å². The average molecular weight is 565 g/mol. The van der Waals surface area contributed by atoms with Crippen molar-refractivity contribution in [3.8, 4) is 16.9 Å².